The maximum Gasteiger partial charge on any atom is 0.254 e. The van der Waals surface area contributed by atoms with Crippen molar-refractivity contribution < 1.29 is 4.79 Å². The Balaban J connectivity index is 1.97. The molecule has 2 aromatic rings. The third kappa shape index (κ3) is 3.51. The van der Waals surface area contributed by atoms with Crippen LogP contribution in [0.5, 0.6) is 0 Å². The van der Waals surface area contributed by atoms with Crippen molar-refractivity contribution >= 4 is 23.1 Å². The number of nitrogens with zero attached hydrogens (tertiary/aromatic N) is 3. The third-order valence-corrected chi connectivity index (χ3v) is 3.47. The van der Waals surface area contributed by atoms with E-state index >= 15 is 0 Å². The average molecular weight is 276 g/mol. The Kier molecular flexibility index (Phi) is 4.11. The van der Waals surface area contributed by atoms with Gasteiger partial charge in [0.15, 0.2) is 0 Å². The molecule has 0 bridgehead atoms. The van der Waals surface area contributed by atoms with Gasteiger partial charge in [-0.05, 0) is 19.1 Å². The van der Waals surface area contributed by atoms with Gasteiger partial charge in [0.2, 0.25) is 0 Å². The minimum absolute atomic E-state index is 0.0467. The molecular weight excluding hydrogens is 260 g/mol. The molecule has 6 heteroatoms. The minimum atomic E-state index is -0.0467. The summed E-state index contributed by atoms with van der Waals surface area (Å²) < 4.78 is 0. The second-order valence-electron chi connectivity index (χ2n) is 4.37. The van der Waals surface area contributed by atoms with Gasteiger partial charge in [-0.3, -0.25) is 4.79 Å². The molecular formula is C13H16N4OS. The van der Waals surface area contributed by atoms with E-state index in [1.165, 1.54) is 4.90 Å². The highest BCUT2D eigenvalue weighted by Gasteiger charge is 2.08. The zero-order chi connectivity index (χ0) is 13.8. The molecule has 0 unspecified atom stereocenters. The first-order valence-corrected chi connectivity index (χ1v) is 6.77. The van der Waals surface area contributed by atoms with E-state index in [1.807, 2.05) is 12.3 Å². The molecule has 19 heavy (non-hydrogen) atoms. The van der Waals surface area contributed by atoms with E-state index in [4.69, 9.17) is 0 Å². The molecule has 100 valence electrons. The van der Waals surface area contributed by atoms with Gasteiger partial charge in [0.05, 0.1) is 12.1 Å². The Labute approximate surface area is 116 Å². The molecule has 2 rings (SSSR count). The van der Waals surface area contributed by atoms with Crippen LogP contribution in [-0.2, 0) is 6.54 Å². The van der Waals surface area contributed by atoms with Crippen molar-refractivity contribution in [1.82, 2.24) is 14.9 Å². The van der Waals surface area contributed by atoms with Gasteiger partial charge in [0.1, 0.15) is 10.8 Å². The largest absolute Gasteiger partial charge is 0.364 e. The van der Waals surface area contributed by atoms with Crippen LogP contribution in [0.2, 0.25) is 0 Å². The third-order valence-electron chi connectivity index (χ3n) is 2.50. The number of carbonyl (C=O) groups excluding carboxylic acids is 1. The van der Waals surface area contributed by atoms with Gasteiger partial charge in [0.25, 0.3) is 5.91 Å². The fraction of sp³-hybridized carbons (Fsp3) is 0.308. The number of amides is 1. The zero-order valence-corrected chi connectivity index (χ0v) is 12.0. The van der Waals surface area contributed by atoms with Crippen LogP contribution in [-0.4, -0.2) is 34.9 Å². The van der Waals surface area contributed by atoms with Gasteiger partial charge in [-0.1, -0.05) is 0 Å². The Bertz CT molecular complexity index is 562. The number of hydrogen-bond acceptors (Lipinski definition) is 5. The predicted octanol–water partition coefficient (Wildman–Crippen LogP) is 2.16. The highest BCUT2D eigenvalue weighted by Crippen LogP contribution is 2.12. The molecule has 0 aliphatic carbocycles. The molecule has 0 fully saturated rings. The monoisotopic (exact) mass is 276 g/mol. The summed E-state index contributed by atoms with van der Waals surface area (Å²) in [5.74, 6) is 0.692. The molecule has 2 aromatic heterocycles. The van der Waals surface area contributed by atoms with Gasteiger partial charge in [-0.25, -0.2) is 9.97 Å². The molecule has 2 heterocycles. The summed E-state index contributed by atoms with van der Waals surface area (Å²) in [6.07, 6.45) is 1.58. The first kappa shape index (κ1) is 13.5. The minimum Gasteiger partial charge on any atom is -0.364 e. The molecule has 1 amide bonds. The molecule has 0 saturated carbocycles. The van der Waals surface area contributed by atoms with Crippen molar-refractivity contribution in [2.75, 3.05) is 19.4 Å². The van der Waals surface area contributed by atoms with Crippen molar-refractivity contribution in [1.29, 1.82) is 0 Å². The second-order valence-corrected chi connectivity index (χ2v) is 5.31. The predicted molar refractivity (Wildman–Crippen MR) is 76.4 cm³/mol. The lowest BCUT2D eigenvalue weighted by Crippen LogP contribution is -2.21. The summed E-state index contributed by atoms with van der Waals surface area (Å²) in [6, 6.07) is 3.57. The van der Waals surface area contributed by atoms with Crippen molar-refractivity contribution in [3.8, 4) is 0 Å². The van der Waals surface area contributed by atoms with E-state index in [9.17, 15) is 4.79 Å². The summed E-state index contributed by atoms with van der Waals surface area (Å²) in [4.78, 5) is 21.8. The Hall–Kier alpha value is -1.95. The zero-order valence-electron chi connectivity index (χ0n) is 11.2. The average Bonchev–Trinajstić information content (AvgIpc) is 2.82. The van der Waals surface area contributed by atoms with E-state index < -0.39 is 0 Å². The normalized spacial score (nSPS) is 10.3. The number of rotatable bonds is 4. The molecule has 0 spiro atoms. The van der Waals surface area contributed by atoms with Crippen molar-refractivity contribution in [2.45, 2.75) is 13.5 Å². The molecule has 0 aliphatic rings. The Morgan fingerprint density at radius 1 is 1.42 bits per heavy atom. The summed E-state index contributed by atoms with van der Waals surface area (Å²) in [6.45, 7) is 2.62. The first-order chi connectivity index (χ1) is 9.06. The molecule has 0 radical (unpaired) electrons. The van der Waals surface area contributed by atoms with Gasteiger partial charge < -0.3 is 10.2 Å². The molecule has 1 N–H and O–H groups in total. The van der Waals surface area contributed by atoms with Crippen LogP contribution in [0.3, 0.4) is 0 Å². The number of hydrogen-bond donors (Lipinski definition) is 1. The van der Waals surface area contributed by atoms with Crippen LogP contribution in [0.4, 0.5) is 5.82 Å². The molecule has 0 aliphatic heterocycles. The van der Waals surface area contributed by atoms with Crippen molar-refractivity contribution in [3.05, 3.63) is 40.0 Å². The summed E-state index contributed by atoms with van der Waals surface area (Å²) in [7, 11) is 3.44. The van der Waals surface area contributed by atoms with Gasteiger partial charge in [0, 0.05) is 31.4 Å². The summed E-state index contributed by atoms with van der Waals surface area (Å²) in [5.41, 5.74) is 1.61. The second kappa shape index (κ2) is 5.79. The lowest BCUT2D eigenvalue weighted by atomic mass is 10.2. The van der Waals surface area contributed by atoms with Crippen LogP contribution < -0.4 is 5.32 Å². The quantitative estimate of drug-likeness (QED) is 0.929. The highest BCUT2D eigenvalue weighted by molar-refractivity contribution is 7.09. The fourth-order valence-electron chi connectivity index (χ4n) is 1.53. The topological polar surface area (TPSA) is 58.1 Å². The highest BCUT2D eigenvalue weighted by atomic mass is 32.1. The number of nitrogens with one attached hydrogen (secondary N) is 1. The number of pyridine rings is 1. The Morgan fingerprint density at radius 2 is 2.21 bits per heavy atom. The van der Waals surface area contributed by atoms with Crippen LogP contribution >= 0.6 is 11.3 Å². The number of anilines is 1. The van der Waals surface area contributed by atoms with Gasteiger partial charge in [-0.2, -0.15) is 0 Å². The Morgan fingerprint density at radius 3 is 2.74 bits per heavy atom. The lowest BCUT2D eigenvalue weighted by Gasteiger charge is -2.10. The molecule has 0 saturated heterocycles. The van der Waals surface area contributed by atoms with E-state index in [-0.39, 0.29) is 5.91 Å². The summed E-state index contributed by atoms with van der Waals surface area (Å²) in [5, 5.41) is 6.22. The van der Waals surface area contributed by atoms with Crippen LogP contribution in [0.15, 0.2) is 23.7 Å². The first-order valence-electron chi connectivity index (χ1n) is 5.89. The lowest BCUT2D eigenvalue weighted by molar-refractivity contribution is 0.0827. The number of thiazole rings is 1. The number of aromatic nitrogens is 2. The fourth-order valence-corrected chi connectivity index (χ4v) is 2.24. The van der Waals surface area contributed by atoms with Crippen molar-refractivity contribution in [3.63, 3.8) is 0 Å². The smallest absolute Gasteiger partial charge is 0.254 e. The van der Waals surface area contributed by atoms with Crippen LogP contribution in [0.25, 0.3) is 0 Å². The van der Waals surface area contributed by atoms with E-state index in [0.29, 0.717) is 12.1 Å². The number of carbonyl (C=O) groups is 1. The maximum atomic E-state index is 11.7. The van der Waals surface area contributed by atoms with Gasteiger partial charge in [-0.15, -0.1) is 11.3 Å². The van der Waals surface area contributed by atoms with Crippen molar-refractivity contribution in [2.24, 2.45) is 0 Å². The summed E-state index contributed by atoms with van der Waals surface area (Å²) >= 11 is 1.62. The molecule has 5 nitrogen and oxygen atoms in total. The standard InChI is InChI=1S/C13H16N4OS/c1-9-8-19-12(16-9)7-15-11-5-4-10(6-14-11)13(18)17(2)3/h4-6,8H,7H2,1-3H3,(H,14,15). The van der Waals surface area contributed by atoms with Gasteiger partial charge >= 0.3 is 0 Å². The maximum absolute atomic E-state index is 11.7. The van der Waals surface area contributed by atoms with Crippen LogP contribution in [0.1, 0.15) is 21.1 Å². The van der Waals surface area contributed by atoms with Crippen LogP contribution in [0, 0.1) is 6.92 Å². The SMILES string of the molecule is Cc1csc(CNc2ccc(C(=O)N(C)C)cn2)n1. The number of aryl methyl sites for hydroxylation is 1. The van der Waals surface area contributed by atoms with E-state index in [0.717, 1.165) is 16.5 Å². The molecule has 0 aromatic carbocycles. The van der Waals surface area contributed by atoms with E-state index in [2.05, 4.69) is 15.3 Å². The van der Waals surface area contributed by atoms with E-state index in [1.54, 1.807) is 43.8 Å². The molecule has 0 atom stereocenters.